The maximum absolute atomic E-state index is 12.7. The first-order valence-corrected chi connectivity index (χ1v) is 10.1. The molecule has 1 N–H and O–H groups in total. The molecular weight excluding hydrogens is 418 g/mol. The average molecular weight is 442 g/mol. The largest absolute Gasteiger partial charge is 0.495 e. The van der Waals surface area contributed by atoms with Gasteiger partial charge in [0.1, 0.15) is 5.75 Å². The fourth-order valence-electron chi connectivity index (χ4n) is 2.90. The molecule has 0 aliphatic rings. The Morgan fingerprint density at radius 2 is 1.81 bits per heavy atom. The normalized spacial score (nSPS) is 11.7. The van der Waals surface area contributed by atoms with Crippen molar-refractivity contribution in [1.29, 1.82) is 0 Å². The van der Waals surface area contributed by atoms with Crippen LogP contribution in [0.1, 0.15) is 23.6 Å². The molecule has 0 fully saturated rings. The van der Waals surface area contributed by atoms with Crippen molar-refractivity contribution in [1.82, 2.24) is 9.78 Å². The third-order valence-electron chi connectivity index (χ3n) is 4.92. The number of nitrogens with one attached hydrogen (secondary N) is 1. The van der Waals surface area contributed by atoms with Crippen molar-refractivity contribution in [2.24, 2.45) is 0 Å². The smallest absolute Gasteiger partial charge is 0.271 e. The molecule has 0 aliphatic carbocycles. The highest BCUT2D eigenvalue weighted by molar-refractivity contribution is 6.31. The van der Waals surface area contributed by atoms with Gasteiger partial charge in [-0.2, -0.15) is 4.68 Å². The molecule has 1 atom stereocenters. The lowest BCUT2D eigenvalue weighted by molar-refractivity contribution is -0.122. The Balaban J connectivity index is 1.80. The molecule has 1 amide bonds. The number of aryl methyl sites for hydroxylation is 3. The molecule has 0 spiro atoms. The quantitative estimate of drug-likeness (QED) is 0.619. The number of methoxy groups -OCH3 is 1. The van der Waals surface area contributed by atoms with Crippen LogP contribution in [0.2, 0.25) is 5.02 Å². The zero-order chi connectivity index (χ0) is 22.7. The summed E-state index contributed by atoms with van der Waals surface area (Å²) in [7, 11) is 1.50. The first-order valence-electron chi connectivity index (χ1n) is 9.69. The van der Waals surface area contributed by atoms with E-state index in [2.05, 4.69) is 10.4 Å². The van der Waals surface area contributed by atoms with Crippen molar-refractivity contribution in [3.8, 4) is 17.3 Å². The van der Waals surface area contributed by atoms with Crippen LogP contribution in [0.5, 0.6) is 11.6 Å². The first-order chi connectivity index (χ1) is 14.7. The van der Waals surface area contributed by atoms with Crippen molar-refractivity contribution in [3.63, 3.8) is 0 Å². The minimum absolute atomic E-state index is 0.153. The van der Waals surface area contributed by atoms with E-state index in [-0.39, 0.29) is 11.4 Å². The number of hydrogen-bond acceptors (Lipinski definition) is 5. The molecule has 3 rings (SSSR count). The van der Waals surface area contributed by atoms with Crippen LogP contribution in [-0.4, -0.2) is 28.9 Å². The van der Waals surface area contributed by atoms with E-state index in [9.17, 15) is 9.59 Å². The first kappa shape index (κ1) is 22.4. The fraction of sp³-hybridized carbons (Fsp3) is 0.261. The molecule has 1 unspecified atom stereocenters. The molecule has 2 aromatic carbocycles. The lowest BCUT2D eigenvalue weighted by Crippen LogP contribution is -2.31. The van der Waals surface area contributed by atoms with Crippen LogP contribution in [0, 0.1) is 20.8 Å². The summed E-state index contributed by atoms with van der Waals surface area (Å²) in [5, 5.41) is 7.58. The van der Waals surface area contributed by atoms with Crippen molar-refractivity contribution in [3.05, 3.63) is 74.5 Å². The van der Waals surface area contributed by atoms with Crippen LogP contribution in [0.4, 0.5) is 5.69 Å². The number of carbonyl (C=O) groups excluding carboxylic acids is 1. The van der Waals surface area contributed by atoms with Crippen molar-refractivity contribution < 1.29 is 14.3 Å². The lowest BCUT2D eigenvalue weighted by Gasteiger charge is -2.17. The Morgan fingerprint density at radius 1 is 1.06 bits per heavy atom. The Morgan fingerprint density at radius 3 is 2.48 bits per heavy atom. The summed E-state index contributed by atoms with van der Waals surface area (Å²) in [5.74, 6) is 0.197. The Hall–Kier alpha value is -3.32. The summed E-state index contributed by atoms with van der Waals surface area (Å²) >= 11 is 6.11. The van der Waals surface area contributed by atoms with E-state index >= 15 is 0 Å². The predicted molar refractivity (Wildman–Crippen MR) is 121 cm³/mol. The molecule has 8 heteroatoms. The molecule has 0 bridgehead atoms. The highest BCUT2D eigenvalue weighted by atomic mass is 35.5. The van der Waals surface area contributed by atoms with Gasteiger partial charge >= 0.3 is 0 Å². The van der Waals surface area contributed by atoms with E-state index in [1.54, 1.807) is 19.1 Å². The summed E-state index contributed by atoms with van der Waals surface area (Å²) in [6.07, 6.45) is -0.876. The molecule has 162 valence electrons. The standard InChI is InChI=1S/C23H24ClN3O4/c1-13-6-7-17(10-14(13)2)27-22(28)9-8-21(26-27)31-16(4)23(29)25-19-11-15(3)18(24)12-20(19)30-5/h6-12,16H,1-5H3,(H,25,29). The van der Waals surface area contributed by atoms with E-state index < -0.39 is 12.0 Å². The Kier molecular flexibility index (Phi) is 6.65. The number of carbonyl (C=O) groups is 1. The van der Waals surface area contributed by atoms with Crippen LogP contribution in [0.3, 0.4) is 0 Å². The number of amides is 1. The fourth-order valence-corrected chi connectivity index (χ4v) is 3.05. The van der Waals surface area contributed by atoms with Crippen LogP contribution < -0.4 is 20.3 Å². The second-order valence-electron chi connectivity index (χ2n) is 7.24. The summed E-state index contributed by atoms with van der Waals surface area (Å²) in [5.41, 5.74) is 3.76. The Bertz CT molecular complexity index is 1190. The van der Waals surface area contributed by atoms with Gasteiger partial charge in [-0.05, 0) is 62.6 Å². The number of aromatic nitrogens is 2. The highest BCUT2D eigenvalue weighted by Crippen LogP contribution is 2.31. The van der Waals surface area contributed by atoms with E-state index in [4.69, 9.17) is 21.1 Å². The van der Waals surface area contributed by atoms with Crippen molar-refractivity contribution >= 4 is 23.2 Å². The topological polar surface area (TPSA) is 82.5 Å². The van der Waals surface area contributed by atoms with Gasteiger partial charge in [0.15, 0.2) is 6.10 Å². The van der Waals surface area contributed by atoms with Gasteiger partial charge in [0.05, 0.1) is 18.5 Å². The van der Waals surface area contributed by atoms with Crippen LogP contribution in [0.15, 0.2) is 47.3 Å². The monoisotopic (exact) mass is 441 g/mol. The maximum Gasteiger partial charge on any atom is 0.271 e. The SMILES string of the molecule is COc1cc(Cl)c(C)cc1NC(=O)C(C)Oc1ccc(=O)n(-c2ccc(C)c(C)c2)n1. The molecule has 3 aromatic rings. The van der Waals surface area contributed by atoms with E-state index in [0.29, 0.717) is 22.1 Å². The van der Waals surface area contributed by atoms with Gasteiger partial charge in [0.2, 0.25) is 5.88 Å². The number of hydrogen-bond donors (Lipinski definition) is 1. The van der Waals surface area contributed by atoms with Gasteiger partial charge in [-0.25, -0.2) is 0 Å². The van der Waals surface area contributed by atoms with Gasteiger partial charge < -0.3 is 14.8 Å². The van der Waals surface area contributed by atoms with E-state index in [1.165, 1.54) is 23.9 Å². The summed E-state index contributed by atoms with van der Waals surface area (Å²) in [6, 6.07) is 11.8. The predicted octanol–water partition coefficient (Wildman–Crippen LogP) is 4.23. The third kappa shape index (κ3) is 5.06. The third-order valence-corrected chi connectivity index (χ3v) is 5.32. The number of ether oxygens (including phenoxy) is 2. The average Bonchev–Trinajstić information content (AvgIpc) is 2.73. The van der Waals surface area contributed by atoms with Gasteiger partial charge in [-0.3, -0.25) is 9.59 Å². The zero-order valence-electron chi connectivity index (χ0n) is 18.0. The number of rotatable bonds is 6. The van der Waals surface area contributed by atoms with E-state index in [0.717, 1.165) is 16.7 Å². The zero-order valence-corrected chi connectivity index (χ0v) is 18.8. The number of anilines is 1. The molecule has 1 aromatic heterocycles. The molecule has 7 nitrogen and oxygen atoms in total. The number of nitrogens with zero attached hydrogens (tertiary/aromatic N) is 2. The van der Waals surface area contributed by atoms with Crippen LogP contribution in [0.25, 0.3) is 5.69 Å². The summed E-state index contributed by atoms with van der Waals surface area (Å²) < 4.78 is 12.2. The second-order valence-corrected chi connectivity index (χ2v) is 7.65. The van der Waals surface area contributed by atoms with Gasteiger partial charge in [0.25, 0.3) is 11.5 Å². The number of benzene rings is 2. The molecule has 1 heterocycles. The number of halogens is 1. The summed E-state index contributed by atoms with van der Waals surface area (Å²) in [6.45, 7) is 7.38. The second kappa shape index (κ2) is 9.22. The molecular formula is C23H24ClN3O4. The molecule has 0 saturated carbocycles. The van der Waals surface area contributed by atoms with Crippen LogP contribution >= 0.6 is 11.6 Å². The minimum Gasteiger partial charge on any atom is -0.495 e. The molecule has 0 radical (unpaired) electrons. The van der Waals surface area contributed by atoms with Gasteiger partial charge in [0, 0.05) is 23.2 Å². The molecule has 31 heavy (non-hydrogen) atoms. The van der Waals surface area contributed by atoms with Gasteiger partial charge in [-0.15, -0.1) is 5.10 Å². The van der Waals surface area contributed by atoms with Crippen molar-refractivity contribution in [2.45, 2.75) is 33.8 Å². The summed E-state index contributed by atoms with van der Waals surface area (Å²) in [4.78, 5) is 25.0. The maximum atomic E-state index is 12.7. The lowest BCUT2D eigenvalue weighted by atomic mass is 10.1. The molecule has 0 saturated heterocycles. The van der Waals surface area contributed by atoms with E-state index in [1.807, 2.05) is 39.0 Å². The highest BCUT2D eigenvalue weighted by Gasteiger charge is 2.19. The minimum atomic E-state index is -0.876. The van der Waals surface area contributed by atoms with Crippen LogP contribution in [-0.2, 0) is 4.79 Å². The molecule has 0 aliphatic heterocycles. The Labute approximate surface area is 185 Å². The van der Waals surface area contributed by atoms with Gasteiger partial charge in [-0.1, -0.05) is 17.7 Å². The van der Waals surface area contributed by atoms with Crippen molar-refractivity contribution in [2.75, 3.05) is 12.4 Å².